The van der Waals surface area contributed by atoms with Crippen molar-refractivity contribution in [2.75, 3.05) is 12.3 Å². The number of pyridine rings is 1. The number of rotatable bonds is 5. The first-order valence-corrected chi connectivity index (χ1v) is 9.08. The molecule has 134 valence electrons. The monoisotopic (exact) mass is 394 g/mol. The molecule has 8 nitrogen and oxygen atoms in total. The molecule has 27 heavy (non-hydrogen) atoms. The summed E-state index contributed by atoms with van der Waals surface area (Å²) in [6.45, 7) is 2.26. The minimum Gasteiger partial charge on any atom is -0.744 e. The second-order valence-electron chi connectivity index (χ2n) is 5.28. The van der Waals surface area contributed by atoms with E-state index in [4.69, 9.17) is 10.5 Å². The number of benzene rings is 2. The maximum Gasteiger partial charge on any atom is 1.00 e. The van der Waals surface area contributed by atoms with Crippen molar-refractivity contribution in [2.45, 2.75) is 11.8 Å². The van der Waals surface area contributed by atoms with Crippen molar-refractivity contribution in [3.05, 3.63) is 48.8 Å². The second kappa shape index (κ2) is 8.77. The number of nitrogens with zero attached hydrogens (tertiary/aromatic N) is 3. The first-order chi connectivity index (χ1) is 12.4. The summed E-state index contributed by atoms with van der Waals surface area (Å²) in [7, 11) is -4.71. The molecule has 10 heteroatoms. The SMILES string of the molecule is CCOc1ccncc1N=Nc1cc(S(=O)(=O)[O-])c2ccccc2c1N.[Na+]. The van der Waals surface area contributed by atoms with E-state index in [0.717, 1.165) is 6.07 Å². The minimum absolute atomic E-state index is 0. The number of anilines is 1. The van der Waals surface area contributed by atoms with Gasteiger partial charge in [-0.1, -0.05) is 24.3 Å². The Morgan fingerprint density at radius 2 is 1.81 bits per heavy atom. The smallest absolute Gasteiger partial charge is 0.744 e. The van der Waals surface area contributed by atoms with Crippen molar-refractivity contribution in [3.63, 3.8) is 0 Å². The predicted octanol–water partition coefficient (Wildman–Crippen LogP) is 0.539. The summed E-state index contributed by atoms with van der Waals surface area (Å²) in [5, 5.41) is 8.72. The number of nitrogen functional groups attached to an aromatic ring is 1. The molecule has 1 heterocycles. The predicted molar refractivity (Wildman–Crippen MR) is 95.9 cm³/mol. The van der Waals surface area contributed by atoms with E-state index >= 15 is 0 Å². The van der Waals surface area contributed by atoms with Crippen LogP contribution in [0.3, 0.4) is 0 Å². The molecule has 0 atom stereocenters. The number of hydrogen-bond donors (Lipinski definition) is 1. The van der Waals surface area contributed by atoms with Crippen LogP contribution in [0.5, 0.6) is 5.75 Å². The molecule has 0 amide bonds. The summed E-state index contributed by atoms with van der Waals surface area (Å²) in [6, 6.07) is 9.21. The van der Waals surface area contributed by atoms with Crippen LogP contribution in [-0.2, 0) is 10.1 Å². The first-order valence-electron chi connectivity index (χ1n) is 7.67. The van der Waals surface area contributed by atoms with Crippen LogP contribution in [0.2, 0.25) is 0 Å². The van der Waals surface area contributed by atoms with Gasteiger partial charge in [-0.15, -0.1) is 10.2 Å². The Balaban J connectivity index is 0.00000261. The Hall–Kier alpha value is -2.04. The minimum atomic E-state index is -4.71. The maximum absolute atomic E-state index is 11.6. The summed E-state index contributed by atoms with van der Waals surface area (Å²) >= 11 is 0. The number of ether oxygens (including phenoxy) is 1. The Bertz CT molecular complexity index is 1100. The van der Waals surface area contributed by atoms with Crippen LogP contribution in [0.1, 0.15) is 6.92 Å². The average Bonchev–Trinajstić information content (AvgIpc) is 2.62. The summed E-state index contributed by atoms with van der Waals surface area (Å²) in [6.07, 6.45) is 3.01. The van der Waals surface area contributed by atoms with Gasteiger partial charge in [-0.05, 0) is 13.0 Å². The maximum atomic E-state index is 11.6. The van der Waals surface area contributed by atoms with Crippen LogP contribution >= 0.6 is 0 Å². The summed E-state index contributed by atoms with van der Waals surface area (Å²) in [5.74, 6) is 0.474. The standard InChI is InChI=1S/C17H16N4O4S.Na/c1-2-25-15-7-8-19-10-14(15)21-20-13-9-16(26(22,23)24)11-5-3-4-6-12(11)17(13)18;/h3-10H,2,18H2,1H3,(H,22,23,24);/q;+1/p-1. The topological polar surface area (TPSA) is 130 Å². The molecule has 3 aromatic rings. The van der Waals surface area contributed by atoms with Crippen LogP contribution in [0.15, 0.2) is 63.9 Å². The molecule has 0 fully saturated rings. The first kappa shape index (κ1) is 21.3. The molecule has 1 aromatic heterocycles. The quantitative estimate of drug-likeness (QED) is 0.291. The molecule has 0 spiro atoms. The molecular formula is C17H15N4NaO4S. The molecule has 0 unspecified atom stereocenters. The van der Waals surface area contributed by atoms with E-state index in [1.807, 2.05) is 6.92 Å². The second-order valence-corrected chi connectivity index (χ2v) is 6.63. The number of fused-ring (bicyclic) bond motifs is 1. The Kier molecular flexibility index (Phi) is 6.90. The van der Waals surface area contributed by atoms with Crippen LogP contribution in [-0.4, -0.2) is 24.6 Å². The van der Waals surface area contributed by atoms with Crippen LogP contribution in [0, 0.1) is 0 Å². The van der Waals surface area contributed by atoms with Gasteiger partial charge in [-0.25, -0.2) is 8.42 Å². The molecule has 0 aliphatic rings. The van der Waals surface area contributed by atoms with Crippen LogP contribution < -0.4 is 40.0 Å². The molecule has 3 rings (SSSR count). The van der Waals surface area contributed by atoms with Crippen molar-refractivity contribution in [3.8, 4) is 5.75 Å². The summed E-state index contributed by atoms with van der Waals surface area (Å²) < 4.78 is 40.3. The fourth-order valence-electron chi connectivity index (χ4n) is 2.47. The zero-order valence-corrected chi connectivity index (χ0v) is 17.6. The number of azo groups is 1. The van der Waals surface area contributed by atoms with Crippen molar-refractivity contribution >= 4 is 38.0 Å². The van der Waals surface area contributed by atoms with E-state index in [0.29, 0.717) is 23.4 Å². The van der Waals surface area contributed by atoms with Gasteiger partial charge in [0.2, 0.25) is 0 Å². The van der Waals surface area contributed by atoms with Crippen LogP contribution in [0.25, 0.3) is 10.8 Å². The zero-order valence-electron chi connectivity index (χ0n) is 14.8. The van der Waals surface area contributed by atoms with Crippen molar-refractivity contribution in [1.82, 2.24) is 4.98 Å². The van der Waals surface area contributed by atoms with E-state index in [9.17, 15) is 13.0 Å². The molecule has 2 N–H and O–H groups in total. The van der Waals surface area contributed by atoms with Gasteiger partial charge in [-0.3, -0.25) is 4.98 Å². The Morgan fingerprint density at radius 1 is 1.15 bits per heavy atom. The van der Waals surface area contributed by atoms with Gasteiger partial charge < -0.3 is 15.0 Å². The van der Waals surface area contributed by atoms with Gasteiger partial charge in [0.1, 0.15) is 27.2 Å². The number of nitrogens with two attached hydrogens (primary N) is 1. The Labute approximate surface area is 178 Å². The molecule has 0 radical (unpaired) electrons. The third kappa shape index (κ3) is 4.63. The molecule has 0 saturated heterocycles. The Morgan fingerprint density at radius 3 is 2.48 bits per heavy atom. The molecule has 0 aliphatic heterocycles. The normalized spacial score (nSPS) is 11.5. The molecular weight excluding hydrogens is 379 g/mol. The van der Waals surface area contributed by atoms with Crippen molar-refractivity contribution < 1.29 is 47.3 Å². The van der Waals surface area contributed by atoms with Gasteiger partial charge in [0.25, 0.3) is 0 Å². The van der Waals surface area contributed by atoms with Gasteiger partial charge in [-0.2, -0.15) is 0 Å². The fraction of sp³-hybridized carbons (Fsp3) is 0.118. The van der Waals surface area contributed by atoms with Gasteiger partial charge in [0.05, 0.1) is 23.4 Å². The molecule has 0 saturated carbocycles. The van der Waals surface area contributed by atoms with Crippen LogP contribution in [0.4, 0.5) is 17.1 Å². The van der Waals surface area contributed by atoms with E-state index in [1.165, 1.54) is 12.3 Å². The number of aromatic nitrogens is 1. The third-order valence-corrected chi connectivity index (χ3v) is 4.50. The average molecular weight is 394 g/mol. The summed E-state index contributed by atoms with van der Waals surface area (Å²) in [4.78, 5) is 3.56. The van der Waals surface area contributed by atoms with E-state index in [1.54, 1.807) is 30.5 Å². The van der Waals surface area contributed by atoms with E-state index < -0.39 is 15.0 Å². The molecule has 2 aromatic carbocycles. The van der Waals surface area contributed by atoms with Gasteiger partial charge >= 0.3 is 29.6 Å². The summed E-state index contributed by atoms with van der Waals surface area (Å²) in [5.41, 5.74) is 6.74. The van der Waals surface area contributed by atoms with E-state index in [2.05, 4.69) is 15.2 Å². The van der Waals surface area contributed by atoms with Gasteiger partial charge in [0, 0.05) is 23.0 Å². The zero-order chi connectivity index (χ0) is 18.7. The van der Waals surface area contributed by atoms with Crippen molar-refractivity contribution in [2.24, 2.45) is 10.2 Å². The largest absolute Gasteiger partial charge is 1.00 e. The molecule has 0 bridgehead atoms. The molecule has 0 aliphatic carbocycles. The third-order valence-electron chi connectivity index (χ3n) is 3.62. The fourth-order valence-corrected chi connectivity index (χ4v) is 3.18. The van der Waals surface area contributed by atoms with Gasteiger partial charge in [0.15, 0.2) is 0 Å². The van der Waals surface area contributed by atoms with Crippen molar-refractivity contribution in [1.29, 1.82) is 0 Å². The number of hydrogen-bond acceptors (Lipinski definition) is 8. The van der Waals surface area contributed by atoms with E-state index in [-0.39, 0.29) is 46.3 Å².